The largest absolute Gasteiger partial charge is 0.367 e. The summed E-state index contributed by atoms with van der Waals surface area (Å²) in [4.78, 5) is 9.60. The fourth-order valence-corrected chi connectivity index (χ4v) is 6.16. The molecule has 0 aliphatic heterocycles. The fourth-order valence-electron chi connectivity index (χ4n) is 4.53. The SMILES string of the molecule is O=S(=O)(NCC1CCC(CNc2nc(NC3CC3)c3ccccc3n2)CC1)c1ccccc1Cl. The van der Waals surface area contributed by atoms with E-state index in [1.54, 1.807) is 18.2 Å². The molecule has 1 heterocycles. The Morgan fingerprint density at radius 1 is 0.853 bits per heavy atom. The Balaban J connectivity index is 1.13. The fraction of sp³-hybridized carbons (Fsp3) is 0.440. The number of hydrogen-bond donors (Lipinski definition) is 3. The van der Waals surface area contributed by atoms with Gasteiger partial charge >= 0.3 is 0 Å². The van der Waals surface area contributed by atoms with Crippen molar-refractivity contribution in [1.29, 1.82) is 0 Å². The lowest BCUT2D eigenvalue weighted by Crippen LogP contribution is -2.32. The minimum atomic E-state index is -3.59. The number of benzene rings is 2. The van der Waals surface area contributed by atoms with E-state index in [9.17, 15) is 8.42 Å². The topological polar surface area (TPSA) is 96.0 Å². The molecule has 0 unspecified atom stereocenters. The molecule has 1 aromatic heterocycles. The Labute approximate surface area is 205 Å². The molecule has 0 radical (unpaired) electrons. The third-order valence-corrected chi connectivity index (χ3v) is 8.65. The molecule has 2 fully saturated rings. The summed E-state index contributed by atoms with van der Waals surface area (Å²) >= 11 is 6.06. The van der Waals surface area contributed by atoms with Crippen LogP contribution in [0.1, 0.15) is 38.5 Å². The van der Waals surface area contributed by atoms with Crippen LogP contribution in [0.3, 0.4) is 0 Å². The van der Waals surface area contributed by atoms with Gasteiger partial charge in [-0.05, 0) is 74.6 Å². The van der Waals surface area contributed by atoms with Gasteiger partial charge in [0.05, 0.1) is 10.5 Å². The zero-order chi connectivity index (χ0) is 23.5. The van der Waals surface area contributed by atoms with Crippen LogP contribution in [0.15, 0.2) is 53.4 Å². The summed E-state index contributed by atoms with van der Waals surface area (Å²) in [5, 5.41) is 8.28. The number of fused-ring (bicyclic) bond motifs is 1. The quantitative estimate of drug-likeness (QED) is 0.381. The standard InChI is InChI=1S/C25H30ClN5O2S/c26-21-6-2-4-8-23(21)34(32,33)28-16-18-11-9-17(10-12-18)15-27-25-30-22-7-3-1-5-20(22)24(31-25)29-19-13-14-19/h1-8,17-19,28H,9-16H2,(H2,27,29,30,31). The molecule has 180 valence electrons. The first-order valence-corrected chi connectivity index (χ1v) is 13.9. The van der Waals surface area contributed by atoms with Gasteiger partial charge in [0.25, 0.3) is 0 Å². The van der Waals surface area contributed by atoms with Crippen molar-refractivity contribution in [2.45, 2.75) is 49.5 Å². The molecule has 9 heteroatoms. The van der Waals surface area contributed by atoms with Crippen LogP contribution in [0.4, 0.5) is 11.8 Å². The van der Waals surface area contributed by atoms with E-state index in [1.165, 1.54) is 18.9 Å². The van der Waals surface area contributed by atoms with E-state index in [0.717, 1.165) is 48.9 Å². The molecule has 0 atom stereocenters. The summed E-state index contributed by atoms with van der Waals surface area (Å²) in [5.74, 6) is 2.42. The number of rotatable bonds is 9. The van der Waals surface area contributed by atoms with E-state index in [-0.39, 0.29) is 9.92 Å². The molecule has 7 nitrogen and oxygen atoms in total. The van der Waals surface area contributed by atoms with Gasteiger partial charge < -0.3 is 10.6 Å². The van der Waals surface area contributed by atoms with Gasteiger partial charge in [0.15, 0.2) is 0 Å². The number of hydrogen-bond acceptors (Lipinski definition) is 6. The van der Waals surface area contributed by atoms with Gasteiger partial charge in [-0.15, -0.1) is 0 Å². The molecule has 2 aliphatic rings. The number of aromatic nitrogens is 2. The molecule has 0 amide bonds. The monoisotopic (exact) mass is 499 g/mol. The number of anilines is 2. The van der Waals surface area contributed by atoms with Gasteiger partial charge in [0.2, 0.25) is 16.0 Å². The molecule has 2 aromatic carbocycles. The maximum atomic E-state index is 12.6. The third-order valence-electron chi connectivity index (χ3n) is 6.72. The number of para-hydroxylation sites is 1. The molecule has 0 saturated heterocycles. The van der Waals surface area contributed by atoms with E-state index in [4.69, 9.17) is 21.6 Å². The molecule has 0 bridgehead atoms. The summed E-state index contributed by atoms with van der Waals surface area (Å²) in [6, 6.07) is 15.2. The van der Waals surface area contributed by atoms with Crippen LogP contribution in [0, 0.1) is 11.8 Å². The number of sulfonamides is 1. The summed E-state index contributed by atoms with van der Waals surface area (Å²) in [7, 11) is -3.59. The van der Waals surface area contributed by atoms with Crippen molar-refractivity contribution in [1.82, 2.24) is 14.7 Å². The Bertz CT molecular complexity index is 1260. The van der Waals surface area contributed by atoms with Crippen LogP contribution < -0.4 is 15.4 Å². The van der Waals surface area contributed by atoms with Crippen molar-refractivity contribution < 1.29 is 8.42 Å². The average Bonchev–Trinajstić information content (AvgIpc) is 3.66. The van der Waals surface area contributed by atoms with Crippen molar-refractivity contribution in [3.05, 3.63) is 53.6 Å². The van der Waals surface area contributed by atoms with E-state index >= 15 is 0 Å². The molecule has 3 aromatic rings. The van der Waals surface area contributed by atoms with Crippen molar-refractivity contribution in [2.24, 2.45) is 11.8 Å². The Morgan fingerprint density at radius 3 is 2.26 bits per heavy atom. The Kier molecular flexibility index (Phi) is 6.90. The van der Waals surface area contributed by atoms with Crippen molar-refractivity contribution in [3.63, 3.8) is 0 Å². The minimum absolute atomic E-state index is 0.139. The maximum Gasteiger partial charge on any atom is 0.242 e. The zero-order valence-corrected chi connectivity index (χ0v) is 20.6. The number of nitrogens with zero attached hydrogens (tertiary/aromatic N) is 2. The minimum Gasteiger partial charge on any atom is -0.367 e. The highest BCUT2D eigenvalue weighted by atomic mass is 35.5. The number of nitrogens with one attached hydrogen (secondary N) is 3. The van der Waals surface area contributed by atoms with E-state index in [2.05, 4.69) is 21.4 Å². The lowest BCUT2D eigenvalue weighted by atomic mass is 9.82. The van der Waals surface area contributed by atoms with Crippen LogP contribution in [0.2, 0.25) is 5.02 Å². The molecule has 2 aliphatic carbocycles. The predicted molar refractivity (Wildman–Crippen MR) is 137 cm³/mol. The molecule has 34 heavy (non-hydrogen) atoms. The normalized spacial score (nSPS) is 20.9. The van der Waals surface area contributed by atoms with Gasteiger partial charge in [0.1, 0.15) is 10.7 Å². The smallest absolute Gasteiger partial charge is 0.242 e. The molecular formula is C25H30ClN5O2S. The van der Waals surface area contributed by atoms with Crippen LogP contribution in [-0.2, 0) is 10.0 Å². The van der Waals surface area contributed by atoms with Crippen LogP contribution in [0.25, 0.3) is 10.9 Å². The summed E-state index contributed by atoms with van der Waals surface area (Å²) in [6.45, 7) is 1.26. The Hall–Kier alpha value is -2.42. The zero-order valence-electron chi connectivity index (χ0n) is 19.0. The second-order valence-electron chi connectivity index (χ2n) is 9.38. The first-order valence-electron chi connectivity index (χ1n) is 12.0. The average molecular weight is 500 g/mol. The second-order valence-corrected chi connectivity index (χ2v) is 11.5. The lowest BCUT2D eigenvalue weighted by molar-refractivity contribution is 0.284. The second kappa shape index (κ2) is 10.1. The first-order chi connectivity index (χ1) is 16.5. The highest BCUT2D eigenvalue weighted by molar-refractivity contribution is 7.89. The van der Waals surface area contributed by atoms with Crippen LogP contribution >= 0.6 is 11.6 Å². The van der Waals surface area contributed by atoms with Gasteiger partial charge in [-0.2, -0.15) is 4.98 Å². The van der Waals surface area contributed by atoms with Crippen molar-refractivity contribution in [3.8, 4) is 0 Å². The predicted octanol–water partition coefficient (Wildman–Crippen LogP) is 5.05. The van der Waals surface area contributed by atoms with E-state index < -0.39 is 10.0 Å². The maximum absolute atomic E-state index is 12.6. The molecule has 3 N–H and O–H groups in total. The van der Waals surface area contributed by atoms with Crippen molar-refractivity contribution >= 4 is 44.3 Å². The lowest BCUT2D eigenvalue weighted by Gasteiger charge is -2.28. The van der Waals surface area contributed by atoms with Gasteiger partial charge in [-0.25, -0.2) is 18.1 Å². The highest BCUT2D eigenvalue weighted by Crippen LogP contribution is 2.31. The summed E-state index contributed by atoms with van der Waals surface area (Å²) in [6.07, 6.45) is 6.46. The van der Waals surface area contributed by atoms with E-state index in [1.807, 2.05) is 18.2 Å². The summed E-state index contributed by atoms with van der Waals surface area (Å²) < 4.78 is 27.9. The third kappa shape index (κ3) is 5.62. The van der Waals surface area contributed by atoms with Gasteiger partial charge in [0, 0.05) is 24.5 Å². The van der Waals surface area contributed by atoms with E-state index in [0.29, 0.717) is 30.4 Å². The molecular weight excluding hydrogens is 470 g/mol. The Morgan fingerprint density at radius 2 is 1.53 bits per heavy atom. The van der Waals surface area contributed by atoms with Crippen molar-refractivity contribution in [2.75, 3.05) is 23.7 Å². The van der Waals surface area contributed by atoms with Gasteiger partial charge in [-0.3, -0.25) is 0 Å². The molecule has 5 rings (SSSR count). The van der Waals surface area contributed by atoms with Gasteiger partial charge in [-0.1, -0.05) is 35.9 Å². The first kappa shape index (κ1) is 23.3. The molecule has 0 spiro atoms. The highest BCUT2D eigenvalue weighted by Gasteiger charge is 2.25. The van der Waals surface area contributed by atoms with Crippen LogP contribution in [0.5, 0.6) is 0 Å². The number of halogens is 1. The molecule has 2 saturated carbocycles. The summed E-state index contributed by atoms with van der Waals surface area (Å²) in [5.41, 5.74) is 0.942. The van der Waals surface area contributed by atoms with Crippen LogP contribution in [-0.4, -0.2) is 37.5 Å².